The molecule has 0 heterocycles. The van der Waals surface area contributed by atoms with Crippen LogP contribution in [0, 0.1) is 11.8 Å². The van der Waals surface area contributed by atoms with Crippen LogP contribution >= 0.6 is 0 Å². The van der Waals surface area contributed by atoms with E-state index in [4.69, 9.17) is 9.47 Å². The van der Waals surface area contributed by atoms with Gasteiger partial charge in [-0.15, -0.1) is 0 Å². The van der Waals surface area contributed by atoms with Gasteiger partial charge in [0.25, 0.3) is 5.91 Å². The second-order valence-electron chi connectivity index (χ2n) is 8.81. The number of benzene rings is 2. The van der Waals surface area contributed by atoms with Gasteiger partial charge in [0, 0.05) is 19.6 Å². The number of rotatable bonds is 9. The summed E-state index contributed by atoms with van der Waals surface area (Å²) in [5.74, 6) is -1.78. The number of ether oxygens (including phenoxy) is 2. The molecular weight excluding hydrogens is 436 g/mol. The van der Waals surface area contributed by atoms with Crippen molar-refractivity contribution in [2.24, 2.45) is 11.8 Å². The first-order chi connectivity index (χ1) is 16.5. The fraction of sp³-hybridized carbons (Fsp3) is 0.423. The molecule has 0 aromatic heterocycles. The van der Waals surface area contributed by atoms with Crippen molar-refractivity contribution >= 4 is 18.0 Å². The second kappa shape index (κ2) is 10.7. The summed E-state index contributed by atoms with van der Waals surface area (Å²) < 4.78 is 10.7. The summed E-state index contributed by atoms with van der Waals surface area (Å²) in [4.78, 5) is 36.2. The van der Waals surface area contributed by atoms with Crippen molar-refractivity contribution < 1.29 is 29.0 Å². The standard InChI is InChI=1S/C26H30N2O6/c1-33-23(24(29)27-13-16-7-6-12-17(16)25(30)31)14-28-26(32)34-15-22-20-10-4-2-8-18(20)19-9-3-5-11-21(19)22/h2-5,8-11,16-17,22-23H,6-7,12-15H2,1H3,(H,27,29)(H,28,32)(H,30,31)/t16-,17-,23?/m0/s1. The molecule has 1 unspecified atom stereocenters. The first-order valence-electron chi connectivity index (χ1n) is 11.6. The SMILES string of the molecule is COC(CNC(=O)OCC1c2ccccc2-c2ccccc21)C(=O)NC[C@@H]1CCC[C@@H]1C(=O)O. The Kier molecular flexibility index (Phi) is 7.47. The van der Waals surface area contributed by atoms with Crippen LogP contribution in [0.2, 0.25) is 0 Å². The normalized spacial score (nSPS) is 19.7. The summed E-state index contributed by atoms with van der Waals surface area (Å²) >= 11 is 0. The topological polar surface area (TPSA) is 114 Å². The molecule has 0 bridgehead atoms. The molecule has 3 N–H and O–H groups in total. The Morgan fingerprint density at radius 2 is 1.65 bits per heavy atom. The first-order valence-corrected chi connectivity index (χ1v) is 11.6. The molecule has 2 aliphatic carbocycles. The highest BCUT2D eigenvalue weighted by Crippen LogP contribution is 2.44. The fourth-order valence-electron chi connectivity index (χ4n) is 5.06. The molecule has 2 aromatic rings. The van der Waals surface area contributed by atoms with Crippen molar-refractivity contribution in [3.63, 3.8) is 0 Å². The van der Waals surface area contributed by atoms with E-state index in [1.807, 2.05) is 36.4 Å². The molecule has 0 aliphatic heterocycles. The van der Waals surface area contributed by atoms with Crippen LogP contribution in [-0.4, -0.2) is 56.0 Å². The Bertz CT molecular complexity index is 1010. The average molecular weight is 467 g/mol. The van der Waals surface area contributed by atoms with E-state index < -0.39 is 30.0 Å². The maximum Gasteiger partial charge on any atom is 0.407 e. The van der Waals surface area contributed by atoms with Crippen molar-refractivity contribution in [1.82, 2.24) is 10.6 Å². The van der Waals surface area contributed by atoms with Crippen molar-refractivity contribution in [1.29, 1.82) is 0 Å². The summed E-state index contributed by atoms with van der Waals surface area (Å²) in [6.45, 7) is 0.411. The van der Waals surface area contributed by atoms with Crippen LogP contribution in [0.3, 0.4) is 0 Å². The Morgan fingerprint density at radius 1 is 1.00 bits per heavy atom. The van der Waals surface area contributed by atoms with E-state index in [0.29, 0.717) is 6.42 Å². The van der Waals surface area contributed by atoms with E-state index >= 15 is 0 Å². The Hall–Kier alpha value is -3.39. The van der Waals surface area contributed by atoms with E-state index in [9.17, 15) is 19.5 Å². The molecule has 0 radical (unpaired) electrons. The lowest BCUT2D eigenvalue weighted by Crippen LogP contribution is -2.45. The molecular formula is C26H30N2O6. The molecule has 34 heavy (non-hydrogen) atoms. The number of carboxylic acids is 1. The zero-order chi connectivity index (χ0) is 24.1. The number of hydrogen-bond acceptors (Lipinski definition) is 5. The van der Waals surface area contributed by atoms with Gasteiger partial charge in [-0.2, -0.15) is 0 Å². The number of carbonyl (C=O) groups excluding carboxylic acids is 2. The van der Waals surface area contributed by atoms with Crippen LogP contribution < -0.4 is 10.6 Å². The number of carbonyl (C=O) groups is 3. The highest BCUT2D eigenvalue weighted by Gasteiger charge is 2.33. The minimum Gasteiger partial charge on any atom is -0.481 e. The van der Waals surface area contributed by atoms with Crippen molar-refractivity contribution in [3.8, 4) is 11.1 Å². The number of methoxy groups -OCH3 is 1. The highest BCUT2D eigenvalue weighted by atomic mass is 16.5. The van der Waals surface area contributed by atoms with Crippen LogP contribution in [0.1, 0.15) is 36.3 Å². The molecule has 2 aliphatic rings. The number of aliphatic carboxylic acids is 1. The molecule has 8 heteroatoms. The van der Waals surface area contributed by atoms with Crippen LogP contribution in [0.5, 0.6) is 0 Å². The van der Waals surface area contributed by atoms with Crippen LogP contribution in [0.15, 0.2) is 48.5 Å². The molecule has 3 atom stereocenters. The largest absolute Gasteiger partial charge is 0.481 e. The molecule has 2 aromatic carbocycles. The summed E-state index contributed by atoms with van der Waals surface area (Å²) in [6, 6.07) is 16.2. The van der Waals surface area contributed by atoms with E-state index in [2.05, 4.69) is 22.8 Å². The highest BCUT2D eigenvalue weighted by molar-refractivity contribution is 5.82. The van der Waals surface area contributed by atoms with Crippen LogP contribution in [0.4, 0.5) is 4.79 Å². The quantitative estimate of drug-likeness (QED) is 0.523. The minimum absolute atomic E-state index is 0.0479. The predicted molar refractivity (Wildman–Crippen MR) is 125 cm³/mol. The maximum absolute atomic E-state index is 12.5. The van der Waals surface area contributed by atoms with Gasteiger partial charge in [-0.05, 0) is 41.0 Å². The Morgan fingerprint density at radius 3 is 2.26 bits per heavy atom. The Balaban J connectivity index is 1.26. The lowest BCUT2D eigenvalue weighted by molar-refractivity contribution is -0.143. The van der Waals surface area contributed by atoms with Crippen molar-refractivity contribution in [2.75, 3.05) is 26.8 Å². The third-order valence-electron chi connectivity index (χ3n) is 6.87. The molecule has 1 fully saturated rings. The summed E-state index contributed by atoms with van der Waals surface area (Å²) in [5.41, 5.74) is 4.54. The van der Waals surface area contributed by atoms with Crippen molar-refractivity contribution in [3.05, 3.63) is 59.7 Å². The molecule has 8 nitrogen and oxygen atoms in total. The van der Waals surface area contributed by atoms with Crippen LogP contribution in [0.25, 0.3) is 11.1 Å². The van der Waals surface area contributed by atoms with E-state index in [1.54, 1.807) is 0 Å². The monoisotopic (exact) mass is 466 g/mol. The maximum atomic E-state index is 12.5. The van der Waals surface area contributed by atoms with Gasteiger partial charge in [-0.3, -0.25) is 9.59 Å². The molecule has 0 spiro atoms. The number of nitrogens with one attached hydrogen (secondary N) is 2. The average Bonchev–Trinajstić information content (AvgIpc) is 3.45. The van der Waals surface area contributed by atoms with Gasteiger partial charge in [0.05, 0.1) is 12.5 Å². The summed E-state index contributed by atoms with van der Waals surface area (Å²) in [7, 11) is 1.39. The van der Waals surface area contributed by atoms with Crippen LogP contribution in [-0.2, 0) is 19.1 Å². The third-order valence-corrected chi connectivity index (χ3v) is 6.87. The number of hydrogen-bond donors (Lipinski definition) is 3. The zero-order valence-electron chi connectivity index (χ0n) is 19.2. The second-order valence-corrected chi connectivity index (χ2v) is 8.81. The molecule has 2 amide bonds. The molecule has 4 rings (SSSR count). The summed E-state index contributed by atoms with van der Waals surface area (Å²) in [6.07, 6.45) is 0.720. The zero-order valence-corrected chi connectivity index (χ0v) is 19.2. The van der Waals surface area contributed by atoms with E-state index in [0.717, 1.165) is 35.1 Å². The number of fused-ring (bicyclic) bond motifs is 3. The van der Waals surface area contributed by atoms with Gasteiger partial charge in [0.1, 0.15) is 6.61 Å². The van der Waals surface area contributed by atoms with Crippen molar-refractivity contribution in [2.45, 2.75) is 31.3 Å². The first kappa shape index (κ1) is 23.8. The fourth-order valence-corrected chi connectivity index (χ4v) is 5.06. The van der Waals surface area contributed by atoms with Gasteiger partial charge in [-0.25, -0.2) is 4.79 Å². The minimum atomic E-state index is -0.898. The molecule has 1 saturated carbocycles. The number of alkyl carbamates (subject to hydrolysis) is 1. The van der Waals surface area contributed by atoms with Gasteiger partial charge in [0.15, 0.2) is 6.10 Å². The summed E-state index contributed by atoms with van der Waals surface area (Å²) in [5, 5.41) is 14.7. The molecule has 0 saturated heterocycles. The van der Waals surface area contributed by atoms with Gasteiger partial charge < -0.3 is 25.2 Å². The third kappa shape index (κ3) is 5.07. The van der Waals surface area contributed by atoms with Gasteiger partial charge >= 0.3 is 12.1 Å². The smallest absolute Gasteiger partial charge is 0.407 e. The predicted octanol–water partition coefficient (Wildman–Crippen LogP) is 3.16. The van der Waals surface area contributed by atoms with E-state index in [1.165, 1.54) is 7.11 Å². The lowest BCUT2D eigenvalue weighted by Gasteiger charge is -2.20. The number of amides is 2. The number of carboxylic acid groups (broad SMARTS) is 1. The van der Waals surface area contributed by atoms with Gasteiger partial charge in [0.2, 0.25) is 0 Å². The lowest BCUT2D eigenvalue weighted by atomic mass is 9.96. The van der Waals surface area contributed by atoms with E-state index in [-0.39, 0.29) is 31.5 Å². The molecule has 180 valence electrons. The Labute approximate surface area is 198 Å². The van der Waals surface area contributed by atoms with Gasteiger partial charge in [-0.1, -0.05) is 55.0 Å².